The average molecular weight is 320 g/mol. The van der Waals surface area contributed by atoms with Crippen LogP contribution in [0.5, 0.6) is 0 Å². The maximum Gasteiger partial charge on any atom is 0.308 e. The maximum absolute atomic E-state index is 10.6. The van der Waals surface area contributed by atoms with E-state index in [2.05, 4.69) is 13.8 Å². The predicted octanol–water partition coefficient (Wildman–Crippen LogP) is 2.20. The Balaban J connectivity index is 0. The summed E-state index contributed by atoms with van der Waals surface area (Å²) in [5.74, 6) is -0.604. The first-order valence-electron chi connectivity index (χ1n) is 8.15. The van der Waals surface area contributed by atoms with Crippen molar-refractivity contribution < 1.29 is 29.3 Å². The van der Waals surface area contributed by atoms with Gasteiger partial charge in [-0.15, -0.1) is 0 Å². The monoisotopic (exact) mass is 320 g/mol. The van der Waals surface area contributed by atoms with Gasteiger partial charge in [0.1, 0.15) is 0 Å². The number of carbonyl (C=O) groups excluding carboxylic acids is 2. The first-order chi connectivity index (χ1) is 10.6. The summed E-state index contributed by atoms with van der Waals surface area (Å²) in [4.78, 5) is 21.2. The molecule has 0 rings (SSSR count). The number of esters is 2. The van der Waals surface area contributed by atoms with Gasteiger partial charge in [-0.25, -0.2) is 0 Å². The second-order valence-corrected chi connectivity index (χ2v) is 4.80. The van der Waals surface area contributed by atoms with Crippen molar-refractivity contribution in [1.29, 1.82) is 0 Å². The van der Waals surface area contributed by atoms with Crippen molar-refractivity contribution in [1.82, 2.24) is 0 Å². The lowest BCUT2D eigenvalue weighted by Gasteiger charge is -2.01. The number of carbonyl (C=O) groups is 2. The van der Waals surface area contributed by atoms with Crippen molar-refractivity contribution in [3.8, 4) is 0 Å². The minimum Gasteiger partial charge on any atom is -0.466 e. The molecule has 2 N–H and O–H groups in total. The quantitative estimate of drug-likeness (QED) is 0.423. The highest BCUT2D eigenvalue weighted by molar-refractivity contribution is 5.69. The third-order valence-electron chi connectivity index (χ3n) is 2.65. The normalized spacial score (nSPS) is 9.64. The van der Waals surface area contributed by atoms with Crippen molar-refractivity contribution in [2.75, 3.05) is 26.4 Å². The van der Waals surface area contributed by atoms with E-state index >= 15 is 0 Å². The van der Waals surface area contributed by atoms with Gasteiger partial charge in [-0.3, -0.25) is 9.59 Å². The van der Waals surface area contributed by atoms with Crippen LogP contribution in [0.1, 0.15) is 65.2 Å². The molecule has 0 fully saturated rings. The molecule has 0 atom stereocenters. The highest BCUT2D eigenvalue weighted by Gasteiger charge is 1.99. The van der Waals surface area contributed by atoms with Crippen molar-refractivity contribution in [2.24, 2.45) is 0 Å². The second-order valence-electron chi connectivity index (χ2n) is 4.80. The molecule has 0 aromatic carbocycles. The highest BCUT2D eigenvalue weighted by Crippen LogP contribution is 1.96. The first kappa shape index (κ1) is 23.1. The number of unbranched alkanes of at least 4 members (excludes halogenated alkanes) is 4. The Morgan fingerprint density at radius 2 is 1.09 bits per heavy atom. The number of hydrogen-bond donors (Lipinski definition) is 2. The lowest BCUT2D eigenvalue weighted by Crippen LogP contribution is -2.07. The minimum absolute atomic E-state index is 0.117. The van der Waals surface area contributed by atoms with E-state index in [9.17, 15) is 9.59 Å². The number of ether oxygens (including phenoxy) is 2. The summed E-state index contributed by atoms with van der Waals surface area (Å²) in [6.45, 7) is 4.93. The van der Waals surface area contributed by atoms with E-state index in [1.165, 1.54) is 0 Å². The molecule has 0 heterocycles. The van der Waals surface area contributed by atoms with E-state index in [-0.39, 0.29) is 38.0 Å². The molecule has 0 spiro atoms. The highest BCUT2D eigenvalue weighted by atomic mass is 16.5. The van der Waals surface area contributed by atoms with Gasteiger partial charge < -0.3 is 19.7 Å². The third-order valence-corrected chi connectivity index (χ3v) is 2.65. The molecule has 0 aliphatic carbocycles. The summed E-state index contributed by atoms with van der Waals surface area (Å²) < 4.78 is 9.57. The van der Waals surface area contributed by atoms with E-state index in [0.29, 0.717) is 13.2 Å². The summed E-state index contributed by atoms with van der Waals surface area (Å²) in [6, 6.07) is 0. The van der Waals surface area contributed by atoms with Crippen LogP contribution in [0.3, 0.4) is 0 Å². The summed E-state index contributed by atoms with van der Waals surface area (Å²) in [5.41, 5.74) is 0. The summed E-state index contributed by atoms with van der Waals surface area (Å²) >= 11 is 0. The Labute approximate surface area is 133 Å². The van der Waals surface area contributed by atoms with Crippen LogP contribution >= 0.6 is 0 Å². The molecule has 6 heteroatoms. The molecule has 22 heavy (non-hydrogen) atoms. The van der Waals surface area contributed by atoms with Crippen LogP contribution in [0.2, 0.25) is 0 Å². The van der Waals surface area contributed by atoms with Gasteiger partial charge in [0, 0.05) is 0 Å². The molecular formula is C16H32O6. The lowest BCUT2D eigenvalue weighted by molar-refractivity contribution is -0.145. The fourth-order valence-corrected chi connectivity index (χ4v) is 1.40. The second kappa shape index (κ2) is 19.9. The molecule has 0 aromatic heterocycles. The summed E-state index contributed by atoms with van der Waals surface area (Å²) in [5, 5.41) is 16.7. The summed E-state index contributed by atoms with van der Waals surface area (Å²) in [6.07, 6.45) is 6.51. The van der Waals surface area contributed by atoms with E-state index in [4.69, 9.17) is 19.7 Å². The molecule has 0 unspecified atom stereocenters. The molecule has 0 saturated carbocycles. The number of hydrogen-bond acceptors (Lipinski definition) is 6. The van der Waals surface area contributed by atoms with Gasteiger partial charge in [0.15, 0.2) is 0 Å². The fraction of sp³-hybridized carbons (Fsp3) is 0.875. The zero-order valence-electron chi connectivity index (χ0n) is 14.0. The number of aliphatic hydroxyl groups is 2. The molecule has 132 valence electrons. The SMILES string of the molecule is CCCCCOC(=O)CCO.CCCCCOC(=O)CCO. The van der Waals surface area contributed by atoms with Crippen molar-refractivity contribution in [3.05, 3.63) is 0 Å². The van der Waals surface area contributed by atoms with Gasteiger partial charge >= 0.3 is 11.9 Å². The molecule has 0 bridgehead atoms. The van der Waals surface area contributed by atoms with Crippen LogP contribution in [-0.2, 0) is 19.1 Å². The van der Waals surface area contributed by atoms with Crippen LogP contribution in [0.25, 0.3) is 0 Å². The van der Waals surface area contributed by atoms with Gasteiger partial charge in [-0.2, -0.15) is 0 Å². The minimum atomic E-state index is -0.302. The molecule has 6 nitrogen and oxygen atoms in total. The van der Waals surface area contributed by atoms with Crippen LogP contribution in [0.4, 0.5) is 0 Å². The Kier molecular flexibility index (Phi) is 20.9. The van der Waals surface area contributed by atoms with Gasteiger partial charge in [-0.05, 0) is 12.8 Å². The van der Waals surface area contributed by atoms with E-state index in [0.717, 1.165) is 38.5 Å². The average Bonchev–Trinajstić information content (AvgIpc) is 2.49. The predicted molar refractivity (Wildman–Crippen MR) is 84.4 cm³/mol. The number of rotatable bonds is 12. The Morgan fingerprint density at radius 3 is 1.36 bits per heavy atom. The fourth-order valence-electron chi connectivity index (χ4n) is 1.40. The van der Waals surface area contributed by atoms with Crippen LogP contribution in [0.15, 0.2) is 0 Å². The third kappa shape index (κ3) is 21.2. The van der Waals surface area contributed by atoms with E-state index in [1.54, 1.807) is 0 Å². The van der Waals surface area contributed by atoms with Gasteiger partial charge in [-0.1, -0.05) is 39.5 Å². The zero-order valence-corrected chi connectivity index (χ0v) is 14.0. The van der Waals surface area contributed by atoms with Crippen LogP contribution in [0, 0.1) is 0 Å². The van der Waals surface area contributed by atoms with Gasteiger partial charge in [0.2, 0.25) is 0 Å². The molecular weight excluding hydrogens is 288 g/mol. The molecule has 0 radical (unpaired) electrons. The smallest absolute Gasteiger partial charge is 0.308 e. The molecule has 0 amide bonds. The Bertz CT molecular complexity index is 229. The van der Waals surface area contributed by atoms with Crippen molar-refractivity contribution >= 4 is 11.9 Å². The van der Waals surface area contributed by atoms with E-state index < -0.39 is 0 Å². The largest absolute Gasteiger partial charge is 0.466 e. The van der Waals surface area contributed by atoms with Crippen molar-refractivity contribution in [2.45, 2.75) is 65.2 Å². The first-order valence-corrected chi connectivity index (χ1v) is 8.15. The van der Waals surface area contributed by atoms with Crippen molar-refractivity contribution in [3.63, 3.8) is 0 Å². The Morgan fingerprint density at radius 1 is 0.727 bits per heavy atom. The number of aliphatic hydroxyl groups excluding tert-OH is 2. The molecule has 0 aliphatic heterocycles. The Hall–Kier alpha value is -1.14. The van der Waals surface area contributed by atoms with Crippen LogP contribution in [-0.4, -0.2) is 48.6 Å². The molecule has 0 aromatic rings. The van der Waals surface area contributed by atoms with Gasteiger partial charge in [0.25, 0.3) is 0 Å². The maximum atomic E-state index is 10.6. The van der Waals surface area contributed by atoms with Crippen LogP contribution < -0.4 is 0 Å². The molecule has 0 saturated heterocycles. The zero-order chi connectivity index (χ0) is 17.1. The standard InChI is InChI=1S/2C8H16O3/c2*1-2-3-4-7-11-8(10)5-6-9/h2*9H,2-7H2,1H3. The van der Waals surface area contributed by atoms with Gasteiger partial charge in [0.05, 0.1) is 39.3 Å². The topological polar surface area (TPSA) is 93.1 Å². The summed E-state index contributed by atoms with van der Waals surface area (Å²) in [7, 11) is 0. The molecule has 0 aliphatic rings. The van der Waals surface area contributed by atoms with E-state index in [1.807, 2.05) is 0 Å². The lowest BCUT2D eigenvalue weighted by atomic mass is 10.3.